The summed E-state index contributed by atoms with van der Waals surface area (Å²) in [6.45, 7) is 4.00. The second-order valence-corrected chi connectivity index (χ2v) is 3.42. The Labute approximate surface area is 112 Å². The summed E-state index contributed by atoms with van der Waals surface area (Å²) < 4.78 is 4.65. The smallest absolute Gasteiger partial charge is 0.337 e. The molecule has 1 aromatic carbocycles. The molecule has 0 fully saturated rings. The molecule has 0 aliphatic rings. The number of anilines is 1. The number of esters is 1. The Balaban J connectivity index is 0.000000861. The molecule has 1 aromatic heterocycles. The lowest BCUT2D eigenvalue weighted by atomic mass is 10.1. The lowest BCUT2D eigenvalue weighted by molar-refractivity contribution is 0.0601. The van der Waals surface area contributed by atoms with Crippen molar-refractivity contribution in [1.29, 1.82) is 0 Å². The Morgan fingerprint density at radius 3 is 2.47 bits per heavy atom. The maximum atomic E-state index is 11.4. The van der Waals surface area contributed by atoms with Crippen LogP contribution in [-0.2, 0) is 4.74 Å². The van der Waals surface area contributed by atoms with Gasteiger partial charge in [0.05, 0.1) is 18.4 Å². The number of ether oxygens (including phenoxy) is 1. The zero-order valence-corrected chi connectivity index (χ0v) is 11.3. The van der Waals surface area contributed by atoms with Gasteiger partial charge >= 0.3 is 5.97 Å². The van der Waals surface area contributed by atoms with Crippen molar-refractivity contribution < 1.29 is 9.53 Å². The Kier molecular flexibility index (Phi) is 5.47. The molecule has 0 atom stereocenters. The third kappa shape index (κ3) is 3.77. The maximum Gasteiger partial charge on any atom is 0.337 e. The highest BCUT2D eigenvalue weighted by Gasteiger charge is 2.07. The summed E-state index contributed by atoms with van der Waals surface area (Å²) in [5.74, 6) is -0.0203. The normalized spacial score (nSPS) is 9.21. The zero-order valence-electron chi connectivity index (χ0n) is 11.3. The molecular formula is C14H17N3O2. The molecule has 100 valence electrons. The number of hydrogen-bond donors (Lipinski definition) is 1. The highest BCUT2D eigenvalue weighted by molar-refractivity contribution is 5.90. The molecule has 5 nitrogen and oxygen atoms in total. The lowest BCUT2D eigenvalue weighted by Crippen LogP contribution is -2.01. The number of nitrogens with two attached hydrogens (primary N) is 1. The minimum absolute atomic E-state index is 0.359. The van der Waals surface area contributed by atoms with Gasteiger partial charge in [0.25, 0.3) is 0 Å². The second-order valence-electron chi connectivity index (χ2n) is 3.42. The van der Waals surface area contributed by atoms with Gasteiger partial charge in [-0.2, -0.15) is 0 Å². The summed E-state index contributed by atoms with van der Waals surface area (Å²) in [5, 5.41) is 7.71. The van der Waals surface area contributed by atoms with Gasteiger partial charge in [0.15, 0.2) is 0 Å². The Morgan fingerprint density at radius 2 is 1.89 bits per heavy atom. The van der Waals surface area contributed by atoms with E-state index in [0.29, 0.717) is 17.1 Å². The van der Waals surface area contributed by atoms with Crippen LogP contribution in [0.3, 0.4) is 0 Å². The number of aromatic nitrogens is 2. The molecule has 2 aromatic rings. The van der Waals surface area contributed by atoms with E-state index < -0.39 is 0 Å². The van der Waals surface area contributed by atoms with Gasteiger partial charge in [-0.25, -0.2) is 4.79 Å². The van der Waals surface area contributed by atoms with Crippen molar-refractivity contribution in [2.75, 3.05) is 12.8 Å². The number of carbonyl (C=O) groups excluding carboxylic acids is 1. The van der Waals surface area contributed by atoms with Gasteiger partial charge in [-0.15, -0.1) is 10.2 Å². The van der Waals surface area contributed by atoms with Crippen molar-refractivity contribution in [3.05, 3.63) is 42.0 Å². The van der Waals surface area contributed by atoms with E-state index in [1.807, 2.05) is 19.9 Å². The predicted octanol–water partition coefficient (Wildman–Crippen LogP) is 2.54. The average Bonchev–Trinajstić information content (AvgIpc) is 2.49. The van der Waals surface area contributed by atoms with Crippen molar-refractivity contribution in [2.45, 2.75) is 13.8 Å². The summed E-state index contributed by atoms with van der Waals surface area (Å²) in [4.78, 5) is 11.4. The summed E-state index contributed by atoms with van der Waals surface area (Å²) in [5.41, 5.74) is 7.38. The van der Waals surface area contributed by atoms with Crippen LogP contribution in [0.4, 0.5) is 5.82 Å². The predicted molar refractivity (Wildman–Crippen MR) is 74.6 cm³/mol. The van der Waals surface area contributed by atoms with E-state index in [0.717, 1.165) is 5.56 Å². The molecule has 1 heterocycles. The van der Waals surface area contributed by atoms with Crippen molar-refractivity contribution in [3.63, 3.8) is 0 Å². The molecule has 0 unspecified atom stereocenters. The molecule has 2 N–H and O–H groups in total. The third-order valence-electron chi connectivity index (χ3n) is 2.26. The minimum atomic E-state index is -0.379. The highest BCUT2D eigenvalue weighted by Crippen LogP contribution is 2.18. The molecule has 19 heavy (non-hydrogen) atoms. The average molecular weight is 259 g/mol. The molecule has 0 aliphatic heterocycles. The molecular weight excluding hydrogens is 242 g/mol. The van der Waals surface area contributed by atoms with Gasteiger partial charge < -0.3 is 10.5 Å². The number of methoxy groups -OCH3 is 1. The minimum Gasteiger partial charge on any atom is -0.465 e. The summed E-state index contributed by atoms with van der Waals surface area (Å²) in [6, 6.07) is 10.4. The number of hydrogen-bond acceptors (Lipinski definition) is 5. The SMILES string of the molecule is CC.COC(=O)c1cccc(-c2ccc(N)nn2)c1. The van der Waals surface area contributed by atoms with Crippen LogP contribution in [0.15, 0.2) is 36.4 Å². The number of nitrogens with zero attached hydrogens (tertiary/aromatic N) is 2. The number of carbonyl (C=O) groups is 1. The number of benzene rings is 1. The Hall–Kier alpha value is -2.43. The maximum absolute atomic E-state index is 11.4. The van der Waals surface area contributed by atoms with E-state index >= 15 is 0 Å². The van der Waals surface area contributed by atoms with Crippen LogP contribution in [0, 0.1) is 0 Å². The summed E-state index contributed by atoms with van der Waals surface area (Å²) >= 11 is 0. The lowest BCUT2D eigenvalue weighted by Gasteiger charge is -2.03. The first-order valence-corrected chi connectivity index (χ1v) is 5.98. The van der Waals surface area contributed by atoms with E-state index in [4.69, 9.17) is 5.73 Å². The first kappa shape index (κ1) is 14.6. The number of rotatable bonds is 2. The first-order chi connectivity index (χ1) is 9.20. The first-order valence-electron chi connectivity index (χ1n) is 5.98. The fourth-order valence-corrected chi connectivity index (χ4v) is 1.42. The van der Waals surface area contributed by atoms with Crippen LogP contribution in [-0.4, -0.2) is 23.3 Å². The van der Waals surface area contributed by atoms with Crippen molar-refractivity contribution in [2.24, 2.45) is 0 Å². The highest BCUT2D eigenvalue weighted by atomic mass is 16.5. The van der Waals surface area contributed by atoms with Crippen LogP contribution in [0.25, 0.3) is 11.3 Å². The van der Waals surface area contributed by atoms with E-state index in [1.54, 1.807) is 30.3 Å². The van der Waals surface area contributed by atoms with E-state index in [2.05, 4.69) is 14.9 Å². The van der Waals surface area contributed by atoms with Gasteiger partial charge in [-0.05, 0) is 24.3 Å². The second kappa shape index (κ2) is 7.10. The van der Waals surface area contributed by atoms with E-state index in [-0.39, 0.29) is 5.97 Å². The van der Waals surface area contributed by atoms with Crippen molar-refractivity contribution >= 4 is 11.8 Å². The quantitative estimate of drug-likeness (QED) is 0.838. The zero-order chi connectivity index (χ0) is 14.3. The Bertz CT molecular complexity index is 539. The van der Waals surface area contributed by atoms with Crippen LogP contribution < -0.4 is 5.73 Å². The third-order valence-corrected chi connectivity index (χ3v) is 2.26. The van der Waals surface area contributed by atoms with Crippen LogP contribution in [0.2, 0.25) is 0 Å². The fourth-order valence-electron chi connectivity index (χ4n) is 1.42. The Morgan fingerprint density at radius 1 is 1.16 bits per heavy atom. The number of nitrogen functional groups attached to an aromatic ring is 1. The largest absolute Gasteiger partial charge is 0.465 e. The molecule has 0 saturated heterocycles. The topological polar surface area (TPSA) is 78.1 Å². The summed E-state index contributed by atoms with van der Waals surface area (Å²) in [7, 11) is 1.35. The monoisotopic (exact) mass is 259 g/mol. The van der Waals surface area contributed by atoms with Crippen molar-refractivity contribution in [1.82, 2.24) is 10.2 Å². The molecule has 2 rings (SSSR count). The molecule has 0 radical (unpaired) electrons. The van der Waals surface area contributed by atoms with Gasteiger partial charge in [0.1, 0.15) is 5.82 Å². The fraction of sp³-hybridized carbons (Fsp3) is 0.214. The molecule has 5 heteroatoms. The van der Waals surface area contributed by atoms with E-state index in [9.17, 15) is 4.79 Å². The summed E-state index contributed by atoms with van der Waals surface area (Å²) in [6.07, 6.45) is 0. The van der Waals surface area contributed by atoms with Gasteiger partial charge in [-0.3, -0.25) is 0 Å². The van der Waals surface area contributed by atoms with Crippen LogP contribution in [0.5, 0.6) is 0 Å². The van der Waals surface area contributed by atoms with Gasteiger partial charge in [0.2, 0.25) is 0 Å². The van der Waals surface area contributed by atoms with Crippen LogP contribution in [0.1, 0.15) is 24.2 Å². The molecule has 0 bridgehead atoms. The van der Waals surface area contributed by atoms with Gasteiger partial charge in [0, 0.05) is 5.56 Å². The van der Waals surface area contributed by atoms with Crippen LogP contribution >= 0.6 is 0 Å². The molecule has 0 spiro atoms. The standard InChI is InChI=1S/C12H11N3O2.C2H6/c1-17-12(16)9-4-2-3-8(7-9)10-5-6-11(13)15-14-10;1-2/h2-7H,1H3,(H2,13,15);1-2H3. The molecule has 0 amide bonds. The molecule has 0 aliphatic carbocycles. The van der Waals surface area contributed by atoms with E-state index in [1.165, 1.54) is 7.11 Å². The van der Waals surface area contributed by atoms with Gasteiger partial charge in [-0.1, -0.05) is 26.0 Å². The molecule has 0 saturated carbocycles. The van der Waals surface area contributed by atoms with Crippen molar-refractivity contribution in [3.8, 4) is 11.3 Å².